The van der Waals surface area contributed by atoms with E-state index in [1.807, 2.05) is 30.3 Å². The van der Waals surface area contributed by atoms with E-state index < -0.39 is 11.4 Å². The number of hydrazine groups is 1. The molecule has 0 saturated carbocycles. The number of nitrogens with two attached hydrogens (primary N) is 1. The van der Waals surface area contributed by atoms with Gasteiger partial charge in [-0.3, -0.25) is 14.6 Å². The van der Waals surface area contributed by atoms with Gasteiger partial charge >= 0.3 is 0 Å². The number of rotatable bonds is 6. The van der Waals surface area contributed by atoms with Gasteiger partial charge in [0, 0.05) is 26.2 Å². The first-order chi connectivity index (χ1) is 13.9. The Kier molecular flexibility index (Phi) is 5.68. The lowest BCUT2D eigenvalue weighted by atomic mass is 9.89. The van der Waals surface area contributed by atoms with Crippen LogP contribution in [0.4, 0.5) is 0 Å². The highest BCUT2D eigenvalue weighted by molar-refractivity contribution is 5.96. The highest BCUT2D eigenvalue weighted by atomic mass is 16.5. The van der Waals surface area contributed by atoms with Crippen LogP contribution in [0.15, 0.2) is 72.3 Å². The topological polar surface area (TPSA) is 105 Å². The first-order valence-corrected chi connectivity index (χ1v) is 8.99. The van der Waals surface area contributed by atoms with Gasteiger partial charge in [-0.2, -0.15) is 0 Å². The van der Waals surface area contributed by atoms with E-state index in [4.69, 9.17) is 10.6 Å². The third kappa shape index (κ3) is 4.13. The Labute approximate surface area is 168 Å². The van der Waals surface area contributed by atoms with E-state index in [1.54, 1.807) is 16.9 Å². The lowest BCUT2D eigenvalue weighted by molar-refractivity contribution is -0.138. The molecule has 1 aromatic carbocycles. The molecule has 2 heterocycles. The molecule has 29 heavy (non-hydrogen) atoms. The van der Waals surface area contributed by atoms with Crippen molar-refractivity contribution in [3.8, 4) is 0 Å². The molecule has 0 aliphatic carbocycles. The van der Waals surface area contributed by atoms with Crippen molar-refractivity contribution in [2.45, 2.75) is 19.1 Å². The molecule has 1 saturated heterocycles. The third-order valence-electron chi connectivity index (χ3n) is 4.82. The van der Waals surface area contributed by atoms with E-state index in [9.17, 15) is 14.4 Å². The monoisotopic (exact) mass is 394 g/mol. The number of allylic oxidation sites excluding steroid dienone is 1. The van der Waals surface area contributed by atoms with Gasteiger partial charge in [0.2, 0.25) is 5.91 Å². The van der Waals surface area contributed by atoms with Crippen molar-refractivity contribution in [3.63, 3.8) is 0 Å². The summed E-state index contributed by atoms with van der Waals surface area (Å²) in [6.07, 6.45) is 4.40. The van der Waals surface area contributed by atoms with Crippen molar-refractivity contribution >= 4 is 17.8 Å². The van der Waals surface area contributed by atoms with E-state index in [0.29, 0.717) is 13.1 Å². The van der Waals surface area contributed by atoms with Gasteiger partial charge in [-0.15, -0.1) is 6.58 Å². The van der Waals surface area contributed by atoms with Crippen molar-refractivity contribution in [2.24, 2.45) is 5.84 Å². The van der Waals surface area contributed by atoms with Crippen molar-refractivity contribution in [1.82, 2.24) is 15.2 Å². The van der Waals surface area contributed by atoms with E-state index in [2.05, 4.69) is 11.9 Å². The third-order valence-corrected chi connectivity index (χ3v) is 4.82. The zero-order chi connectivity index (χ0) is 21.0. The molecule has 0 radical (unpaired) electrons. The standard InChI is InChI=1S/C21H22N4O4/c1-3-21(13-24(14-21)15(2)27)23-20(28)18-19(17(11-26)9-10-25(18)22)29-12-16-7-5-4-6-8-16/h3-10H,1,12-14,22H2,2H3,(H,23,28). The van der Waals surface area contributed by atoms with Gasteiger partial charge in [0.15, 0.2) is 11.5 Å². The molecule has 0 aromatic heterocycles. The molecule has 0 atom stereocenters. The first-order valence-electron chi connectivity index (χ1n) is 8.99. The largest absolute Gasteiger partial charge is 0.485 e. The van der Waals surface area contributed by atoms with Crippen LogP contribution >= 0.6 is 0 Å². The summed E-state index contributed by atoms with van der Waals surface area (Å²) in [5.74, 6) is 7.15. The molecular formula is C21H22N4O4. The van der Waals surface area contributed by atoms with Gasteiger partial charge < -0.3 is 15.0 Å². The number of hydrogen-bond acceptors (Lipinski definition) is 6. The second-order valence-electron chi connectivity index (χ2n) is 6.88. The maximum atomic E-state index is 13.0. The van der Waals surface area contributed by atoms with Crippen molar-refractivity contribution in [3.05, 3.63) is 77.9 Å². The van der Waals surface area contributed by atoms with Gasteiger partial charge in [0.1, 0.15) is 18.1 Å². The number of hydrogen-bond donors (Lipinski definition) is 2. The predicted octanol–water partition coefficient (Wildman–Crippen LogP) is 0.779. The number of nitrogens with one attached hydrogen (secondary N) is 1. The van der Waals surface area contributed by atoms with Gasteiger partial charge in [0.05, 0.1) is 5.54 Å². The van der Waals surface area contributed by atoms with E-state index >= 15 is 0 Å². The average molecular weight is 394 g/mol. The number of carbonyl (C=O) groups is 2. The van der Waals surface area contributed by atoms with Crippen LogP contribution in [-0.4, -0.2) is 46.3 Å². The molecule has 2 aliphatic heterocycles. The van der Waals surface area contributed by atoms with Gasteiger partial charge in [-0.1, -0.05) is 36.4 Å². The Hall–Kier alpha value is -3.61. The molecule has 1 fully saturated rings. The van der Waals surface area contributed by atoms with Crippen LogP contribution in [0.3, 0.4) is 0 Å². The predicted molar refractivity (Wildman–Crippen MR) is 106 cm³/mol. The number of likely N-dealkylation sites (tertiary alicyclic amines) is 1. The van der Waals surface area contributed by atoms with E-state index in [1.165, 1.54) is 19.2 Å². The summed E-state index contributed by atoms with van der Waals surface area (Å²) in [4.78, 5) is 37.5. The fourth-order valence-electron chi connectivity index (χ4n) is 3.13. The smallest absolute Gasteiger partial charge is 0.274 e. The Bertz CT molecular complexity index is 939. The molecule has 1 aromatic rings. The number of ether oxygens (including phenoxy) is 1. The Morgan fingerprint density at radius 3 is 2.62 bits per heavy atom. The molecule has 0 spiro atoms. The van der Waals surface area contributed by atoms with E-state index in [0.717, 1.165) is 10.6 Å². The van der Waals surface area contributed by atoms with Crippen LogP contribution in [-0.2, 0) is 25.7 Å². The minimum atomic E-state index is -0.770. The van der Waals surface area contributed by atoms with Crippen LogP contribution in [0.25, 0.3) is 0 Å². The molecule has 2 aliphatic rings. The summed E-state index contributed by atoms with van der Waals surface area (Å²) in [5.41, 5.74) is 0.151. The second kappa shape index (κ2) is 8.18. The number of carbonyl (C=O) groups excluding carboxylic acids is 3. The summed E-state index contributed by atoms with van der Waals surface area (Å²) in [6.45, 7) is 5.98. The number of benzene rings is 1. The molecule has 2 amide bonds. The molecule has 0 bridgehead atoms. The summed E-state index contributed by atoms with van der Waals surface area (Å²) in [6, 6.07) is 9.32. The van der Waals surface area contributed by atoms with Gasteiger partial charge in [-0.25, -0.2) is 10.6 Å². The average Bonchev–Trinajstić information content (AvgIpc) is 2.69. The molecule has 150 valence electrons. The number of nitrogens with zero attached hydrogens (tertiary/aromatic N) is 2. The highest BCUT2D eigenvalue weighted by Gasteiger charge is 2.44. The quantitative estimate of drug-likeness (QED) is 0.420. The summed E-state index contributed by atoms with van der Waals surface area (Å²) in [7, 11) is 0. The van der Waals surface area contributed by atoms with Gasteiger partial charge in [0.25, 0.3) is 5.91 Å². The minimum Gasteiger partial charge on any atom is -0.485 e. The maximum absolute atomic E-state index is 13.0. The van der Waals surface area contributed by atoms with Crippen molar-refractivity contribution < 1.29 is 19.1 Å². The molecule has 8 heteroatoms. The minimum absolute atomic E-state index is 0.0238. The Morgan fingerprint density at radius 2 is 2.03 bits per heavy atom. The highest BCUT2D eigenvalue weighted by Crippen LogP contribution is 2.27. The normalized spacial score (nSPS) is 17.4. The zero-order valence-electron chi connectivity index (χ0n) is 16.1. The molecular weight excluding hydrogens is 372 g/mol. The lowest BCUT2D eigenvalue weighted by Gasteiger charge is -2.48. The fraction of sp³-hybridized carbons (Fsp3) is 0.238. The fourth-order valence-corrected chi connectivity index (χ4v) is 3.13. The Morgan fingerprint density at radius 1 is 1.34 bits per heavy atom. The van der Waals surface area contributed by atoms with Gasteiger partial charge in [-0.05, 0) is 11.6 Å². The summed E-state index contributed by atoms with van der Waals surface area (Å²) >= 11 is 0. The zero-order valence-corrected chi connectivity index (χ0v) is 16.1. The Balaban J connectivity index is 1.85. The summed E-state index contributed by atoms with van der Waals surface area (Å²) < 4.78 is 5.79. The lowest BCUT2D eigenvalue weighted by Crippen LogP contribution is -2.70. The van der Waals surface area contributed by atoms with Crippen LogP contribution in [0, 0.1) is 0 Å². The molecule has 3 rings (SSSR count). The summed E-state index contributed by atoms with van der Waals surface area (Å²) in [5, 5.41) is 3.94. The van der Waals surface area contributed by atoms with Crippen molar-refractivity contribution in [2.75, 3.05) is 13.1 Å². The van der Waals surface area contributed by atoms with Crippen LogP contribution in [0.1, 0.15) is 12.5 Å². The molecule has 8 nitrogen and oxygen atoms in total. The molecule has 3 N–H and O–H groups in total. The SMILES string of the molecule is C=CC1(NC(=O)C2=C(OCc3ccccc3)C(=C=O)C=CN2N)CN(C(C)=O)C1. The number of amides is 2. The molecule has 0 unspecified atom stereocenters. The van der Waals surface area contributed by atoms with E-state index in [-0.39, 0.29) is 29.5 Å². The van der Waals surface area contributed by atoms with Crippen LogP contribution in [0.2, 0.25) is 0 Å². The maximum Gasteiger partial charge on any atom is 0.274 e. The van der Waals surface area contributed by atoms with Crippen LogP contribution < -0.4 is 11.2 Å². The van der Waals surface area contributed by atoms with Crippen LogP contribution in [0.5, 0.6) is 0 Å². The van der Waals surface area contributed by atoms with Crippen molar-refractivity contribution in [1.29, 1.82) is 0 Å². The second-order valence-corrected chi connectivity index (χ2v) is 6.88. The first kappa shape index (κ1) is 20.1.